The van der Waals surface area contributed by atoms with Crippen LogP contribution >= 0.6 is 56.5 Å². The molecule has 4 aromatic carbocycles. The Kier molecular flexibility index (Phi) is 10.4. The first kappa shape index (κ1) is 33.6. The van der Waals surface area contributed by atoms with Crippen molar-refractivity contribution in [3.8, 4) is 17.6 Å². The average Bonchev–Trinajstić information content (AvgIpc) is 3.41. The van der Waals surface area contributed by atoms with E-state index in [9.17, 15) is 14.9 Å². The van der Waals surface area contributed by atoms with Crippen molar-refractivity contribution >= 4 is 74.3 Å². The van der Waals surface area contributed by atoms with Crippen LogP contribution in [0.1, 0.15) is 40.8 Å². The summed E-state index contributed by atoms with van der Waals surface area (Å²) in [5.41, 5.74) is 3.87. The van der Waals surface area contributed by atoms with Gasteiger partial charge in [0.05, 0.1) is 50.8 Å². The Morgan fingerprint density at radius 3 is 2.48 bits per heavy atom. The fraction of sp³-hybridized carbons (Fsp3) is 0.135. The van der Waals surface area contributed by atoms with E-state index in [-0.39, 0.29) is 24.3 Å². The number of halogens is 2. The molecule has 1 atom stereocenters. The van der Waals surface area contributed by atoms with Crippen LogP contribution in [0.2, 0.25) is 0 Å². The molecule has 0 unspecified atom stereocenters. The number of aromatic nitrogens is 1. The van der Waals surface area contributed by atoms with Crippen molar-refractivity contribution in [1.82, 2.24) is 4.57 Å². The Morgan fingerprint density at radius 1 is 1.04 bits per heavy atom. The minimum atomic E-state index is -0.808. The maximum atomic E-state index is 14.4. The third-order valence-corrected chi connectivity index (χ3v) is 10.0. The number of fused-ring (bicyclic) bond motifs is 1. The van der Waals surface area contributed by atoms with E-state index < -0.39 is 12.0 Å². The molecule has 8 nitrogen and oxygen atoms in total. The van der Waals surface area contributed by atoms with Gasteiger partial charge in [0.1, 0.15) is 18.1 Å². The van der Waals surface area contributed by atoms with E-state index in [0.29, 0.717) is 43.2 Å². The van der Waals surface area contributed by atoms with Gasteiger partial charge in [-0.2, -0.15) is 5.26 Å². The Hall–Kier alpha value is -4.26. The maximum absolute atomic E-state index is 14.4. The van der Waals surface area contributed by atoms with Crippen LogP contribution in [-0.4, -0.2) is 24.3 Å². The standard InChI is InChI=1S/C37H27I2N3O5S/c1-3-46-36(44)31-32(22-9-5-4-6-10-22)41-37-42(33(31)23-13-15-28(45-2)16-14-23)35(43)30(48-37)18-26-17-27(38)19-29(39)34(26)47-21-25-12-8-7-11-24(25)20-40/h4-19,33H,3,21H2,1-2H3/b30-18-/t33-/m0/s1. The van der Waals surface area contributed by atoms with Crippen LogP contribution in [0, 0.1) is 18.5 Å². The van der Waals surface area contributed by atoms with Gasteiger partial charge in [0.25, 0.3) is 5.56 Å². The quantitative estimate of drug-likeness (QED) is 0.122. The zero-order valence-corrected chi connectivity index (χ0v) is 30.9. The van der Waals surface area contributed by atoms with Crippen molar-refractivity contribution in [1.29, 1.82) is 5.26 Å². The van der Waals surface area contributed by atoms with Gasteiger partial charge in [0.15, 0.2) is 4.80 Å². The number of benzene rings is 4. The fourth-order valence-corrected chi connectivity index (χ4v) is 8.47. The molecule has 0 radical (unpaired) electrons. The second-order valence-corrected chi connectivity index (χ2v) is 14.0. The molecular weight excluding hydrogens is 852 g/mol. The van der Waals surface area contributed by atoms with Crippen molar-refractivity contribution in [3.05, 3.63) is 151 Å². The first-order valence-corrected chi connectivity index (χ1v) is 17.8. The van der Waals surface area contributed by atoms with E-state index in [1.165, 1.54) is 11.3 Å². The van der Waals surface area contributed by atoms with E-state index in [4.69, 9.17) is 19.2 Å². The molecule has 5 aromatic rings. The molecule has 11 heteroatoms. The number of hydrogen-bond donors (Lipinski definition) is 0. The van der Waals surface area contributed by atoms with E-state index >= 15 is 0 Å². The summed E-state index contributed by atoms with van der Waals surface area (Å²) in [7, 11) is 1.59. The molecule has 0 N–H and O–H groups in total. The third-order valence-electron chi connectivity index (χ3n) is 7.64. The van der Waals surface area contributed by atoms with Gasteiger partial charge in [0, 0.05) is 20.3 Å². The number of thiazole rings is 1. The minimum absolute atomic E-state index is 0.164. The molecule has 2 heterocycles. The van der Waals surface area contributed by atoms with Crippen molar-refractivity contribution in [2.45, 2.75) is 19.6 Å². The predicted molar refractivity (Wildman–Crippen MR) is 201 cm³/mol. The number of rotatable bonds is 9. The number of esters is 1. The molecule has 1 aliphatic rings. The van der Waals surface area contributed by atoms with Crippen molar-refractivity contribution in [2.75, 3.05) is 13.7 Å². The third kappa shape index (κ3) is 6.83. The molecule has 48 heavy (non-hydrogen) atoms. The van der Waals surface area contributed by atoms with Gasteiger partial charge in [-0.15, -0.1) is 0 Å². The second kappa shape index (κ2) is 14.9. The lowest BCUT2D eigenvalue weighted by Crippen LogP contribution is -2.40. The summed E-state index contributed by atoms with van der Waals surface area (Å²) in [6, 6.07) is 29.4. The molecular formula is C37H27I2N3O5S. The van der Waals surface area contributed by atoms with E-state index in [2.05, 4.69) is 51.3 Å². The fourth-order valence-electron chi connectivity index (χ4n) is 5.43. The Morgan fingerprint density at radius 2 is 1.77 bits per heavy atom. The summed E-state index contributed by atoms with van der Waals surface area (Å²) >= 11 is 5.71. The Bertz CT molecular complexity index is 2270. The van der Waals surface area contributed by atoms with Crippen molar-refractivity contribution < 1.29 is 19.0 Å². The zero-order valence-electron chi connectivity index (χ0n) is 25.8. The van der Waals surface area contributed by atoms with Gasteiger partial charge in [-0.1, -0.05) is 72.0 Å². The molecule has 0 saturated carbocycles. The molecule has 0 fully saturated rings. The summed E-state index contributed by atoms with van der Waals surface area (Å²) in [4.78, 5) is 33.6. The molecule has 0 bridgehead atoms. The zero-order chi connectivity index (χ0) is 33.8. The van der Waals surface area contributed by atoms with Crippen LogP contribution < -0.4 is 24.4 Å². The van der Waals surface area contributed by atoms with Gasteiger partial charge < -0.3 is 14.2 Å². The summed E-state index contributed by atoms with van der Waals surface area (Å²) < 4.78 is 21.1. The lowest BCUT2D eigenvalue weighted by Gasteiger charge is -2.26. The molecule has 0 spiro atoms. The summed E-state index contributed by atoms with van der Waals surface area (Å²) in [5, 5.41) is 9.57. The molecule has 240 valence electrons. The van der Waals surface area contributed by atoms with Crippen LogP contribution in [0.3, 0.4) is 0 Å². The first-order chi connectivity index (χ1) is 23.3. The molecule has 1 aromatic heterocycles. The van der Waals surface area contributed by atoms with Gasteiger partial charge in [0.2, 0.25) is 0 Å². The highest BCUT2D eigenvalue weighted by Crippen LogP contribution is 2.36. The van der Waals surface area contributed by atoms with Gasteiger partial charge >= 0.3 is 5.97 Å². The largest absolute Gasteiger partial charge is 0.497 e. The topological polar surface area (TPSA) is 103 Å². The van der Waals surface area contributed by atoms with Gasteiger partial charge in [-0.3, -0.25) is 9.36 Å². The minimum Gasteiger partial charge on any atom is -0.497 e. The highest BCUT2D eigenvalue weighted by atomic mass is 127. The predicted octanol–water partition coefficient (Wildman–Crippen LogP) is 6.60. The van der Waals surface area contributed by atoms with Crippen LogP contribution in [0.15, 0.2) is 106 Å². The van der Waals surface area contributed by atoms with E-state index in [1.54, 1.807) is 42.9 Å². The number of hydrogen-bond acceptors (Lipinski definition) is 8. The van der Waals surface area contributed by atoms with Gasteiger partial charge in [-0.25, -0.2) is 9.79 Å². The maximum Gasteiger partial charge on any atom is 0.338 e. The molecule has 1 aliphatic heterocycles. The van der Waals surface area contributed by atoms with Crippen molar-refractivity contribution in [3.63, 3.8) is 0 Å². The van der Waals surface area contributed by atoms with Gasteiger partial charge in [-0.05, 0) is 94.1 Å². The van der Waals surface area contributed by atoms with Crippen LogP contribution in [-0.2, 0) is 16.1 Å². The molecule has 0 aliphatic carbocycles. The number of methoxy groups -OCH3 is 1. The van der Waals surface area contributed by atoms with E-state index in [0.717, 1.165) is 18.3 Å². The van der Waals surface area contributed by atoms with Crippen LogP contribution in [0.5, 0.6) is 11.5 Å². The lowest BCUT2D eigenvalue weighted by atomic mass is 9.93. The normalized spacial score (nSPS) is 14.1. The Labute approximate surface area is 307 Å². The van der Waals surface area contributed by atoms with Crippen LogP contribution in [0.4, 0.5) is 0 Å². The Balaban J connectivity index is 1.56. The number of nitriles is 1. The molecule has 0 amide bonds. The number of carbonyl (C=O) groups excluding carboxylic acids is 1. The highest BCUT2D eigenvalue weighted by molar-refractivity contribution is 14.1. The molecule has 6 rings (SSSR count). The highest BCUT2D eigenvalue weighted by Gasteiger charge is 2.35. The second-order valence-electron chi connectivity index (χ2n) is 10.6. The average molecular weight is 880 g/mol. The van der Waals surface area contributed by atoms with E-state index in [1.807, 2.05) is 72.8 Å². The smallest absolute Gasteiger partial charge is 0.338 e. The number of nitrogens with zero attached hydrogens (tertiary/aromatic N) is 3. The van der Waals surface area contributed by atoms with Crippen LogP contribution in [0.25, 0.3) is 11.8 Å². The number of ether oxygens (including phenoxy) is 3. The number of carbonyl (C=O) groups is 1. The summed E-state index contributed by atoms with van der Waals surface area (Å²) in [6.45, 7) is 2.10. The lowest BCUT2D eigenvalue weighted by molar-refractivity contribution is -0.138. The summed E-state index contributed by atoms with van der Waals surface area (Å²) in [5.74, 6) is 0.698. The summed E-state index contributed by atoms with van der Waals surface area (Å²) in [6.07, 6.45) is 1.81. The monoisotopic (exact) mass is 879 g/mol. The SMILES string of the molecule is CCOC(=O)C1=C(c2ccccc2)N=c2s/c(=C\c3cc(I)cc(I)c3OCc3ccccc3C#N)c(=O)n2[C@H]1c1ccc(OC)cc1. The molecule has 0 saturated heterocycles. The van der Waals surface area contributed by atoms with Crippen molar-refractivity contribution in [2.24, 2.45) is 4.99 Å². The first-order valence-electron chi connectivity index (χ1n) is 14.8.